The average Bonchev–Trinajstić information content (AvgIpc) is 3.74. The first-order valence-electron chi connectivity index (χ1n) is 17.3. The van der Waals surface area contributed by atoms with Crippen molar-refractivity contribution in [3.05, 3.63) is 46.4 Å². The number of rotatable bonds is 13. The Morgan fingerprint density at radius 1 is 0.542 bits per heavy atom. The largest absolute Gasteiger partial charge is 0.488 e. The second kappa shape index (κ2) is 14.4. The first-order valence-corrected chi connectivity index (χ1v) is 20.6. The van der Waals surface area contributed by atoms with Crippen LogP contribution in [0.4, 0.5) is 0 Å². The second-order valence-electron chi connectivity index (χ2n) is 12.4. The predicted octanol–water partition coefficient (Wildman–Crippen LogP) is 11.8. The SMILES string of the molecule is CCCCCCc1sc2sc(-c3ccnc(-c4cc(-c5sc6sc(CCCCCC)c7c6c5OCCO7)ccn4)c3)c3c2c1OCCO3. The van der Waals surface area contributed by atoms with Gasteiger partial charge in [0.2, 0.25) is 0 Å². The summed E-state index contributed by atoms with van der Waals surface area (Å²) in [5.41, 5.74) is 3.85. The van der Waals surface area contributed by atoms with E-state index in [4.69, 9.17) is 28.9 Å². The molecule has 0 aromatic carbocycles. The fourth-order valence-corrected chi connectivity index (χ4v) is 12.0. The number of aryl methyl sites for hydroxylation is 2. The topological polar surface area (TPSA) is 62.7 Å². The van der Waals surface area contributed by atoms with Gasteiger partial charge in [0, 0.05) is 22.1 Å². The highest BCUT2D eigenvalue weighted by molar-refractivity contribution is 7.41. The zero-order valence-corrected chi connectivity index (χ0v) is 30.8. The number of aromatic nitrogens is 2. The molecule has 2 aliphatic rings. The molecule has 0 spiro atoms. The van der Waals surface area contributed by atoms with Gasteiger partial charge in [-0.25, -0.2) is 0 Å². The molecule has 6 aromatic rings. The molecule has 0 radical (unpaired) electrons. The van der Waals surface area contributed by atoms with E-state index in [2.05, 4.69) is 38.1 Å². The van der Waals surface area contributed by atoms with Crippen LogP contribution in [-0.2, 0) is 12.8 Å². The Kier molecular flexibility index (Phi) is 9.58. The minimum atomic E-state index is 0.546. The highest BCUT2D eigenvalue weighted by Crippen LogP contribution is 2.56. The molecular weight excluding hydrogens is 677 g/mol. The van der Waals surface area contributed by atoms with E-state index in [0.29, 0.717) is 26.4 Å². The summed E-state index contributed by atoms with van der Waals surface area (Å²) in [6.45, 7) is 6.76. The molecule has 0 fully saturated rings. The Morgan fingerprint density at radius 2 is 0.979 bits per heavy atom. The molecule has 10 heteroatoms. The van der Waals surface area contributed by atoms with Gasteiger partial charge < -0.3 is 18.9 Å². The summed E-state index contributed by atoms with van der Waals surface area (Å²) in [4.78, 5) is 14.5. The molecule has 6 nitrogen and oxygen atoms in total. The lowest BCUT2D eigenvalue weighted by molar-refractivity contribution is 0.231. The van der Waals surface area contributed by atoms with Gasteiger partial charge in [0.25, 0.3) is 0 Å². The molecule has 0 aliphatic carbocycles. The van der Waals surface area contributed by atoms with Crippen LogP contribution in [0.2, 0.25) is 0 Å². The summed E-state index contributed by atoms with van der Waals surface area (Å²) in [6.07, 6.45) is 15.9. The van der Waals surface area contributed by atoms with E-state index in [9.17, 15) is 0 Å². The summed E-state index contributed by atoms with van der Waals surface area (Å²) in [5, 5.41) is 2.30. The van der Waals surface area contributed by atoms with E-state index < -0.39 is 0 Å². The van der Waals surface area contributed by atoms with Crippen molar-refractivity contribution in [1.82, 2.24) is 9.97 Å². The van der Waals surface area contributed by atoms with Crippen LogP contribution in [0.3, 0.4) is 0 Å². The molecule has 0 saturated heterocycles. The van der Waals surface area contributed by atoms with Crippen LogP contribution in [0.5, 0.6) is 23.0 Å². The number of pyridine rings is 2. The van der Waals surface area contributed by atoms with Crippen LogP contribution in [0.25, 0.3) is 51.1 Å². The molecular formula is C38H40N2O4S4. The smallest absolute Gasteiger partial charge is 0.150 e. The molecule has 250 valence electrons. The van der Waals surface area contributed by atoms with Crippen molar-refractivity contribution in [1.29, 1.82) is 0 Å². The maximum Gasteiger partial charge on any atom is 0.150 e. The molecule has 0 unspecified atom stereocenters. The highest BCUT2D eigenvalue weighted by atomic mass is 32.2. The Bertz CT molecular complexity index is 1910. The lowest BCUT2D eigenvalue weighted by Crippen LogP contribution is -2.06. The maximum absolute atomic E-state index is 6.37. The van der Waals surface area contributed by atoms with Gasteiger partial charge in [0.1, 0.15) is 37.9 Å². The van der Waals surface area contributed by atoms with Gasteiger partial charge in [-0.1, -0.05) is 52.4 Å². The van der Waals surface area contributed by atoms with Gasteiger partial charge in [0.05, 0.1) is 39.9 Å². The van der Waals surface area contributed by atoms with Gasteiger partial charge in [-0.05, 0) is 61.1 Å². The third-order valence-electron chi connectivity index (χ3n) is 9.03. The second-order valence-corrected chi connectivity index (χ2v) is 17.2. The quantitative estimate of drug-likeness (QED) is 0.111. The van der Waals surface area contributed by atoms with E-state index in [1.807, 2.05) is 35.1 Å². The van der Waals surface area contributed by atoms with Crippen molar-refractivity contribution in [2.75, 3.05) is 26.4 Å². The first kappa shape index (κ1) is 32.0. The Balaban J connectivity index is 1.10. The molecule has 0 bridgehead atoms. The number of nitrogens with zero attached hydrogens (tertiary/aromatic N) is 2. The fraction of sp³-hybridized carbons (Fsp3) is 0.421. The summed E-state index contributed by atoms with van der Waals surface area (Å²) < 4.78 is 27.9. The molecule has 6 aromatic heterocycles. The van der Waals surface area contributed by atoms with Gasteiger partial charge in [-0.15, -0.1) is 45.3 Å². The van der Waals surface area contributed by atoms with Crippen LogP contribution in [0.1, 0.15) is 75.0 Å². The third-order valence-corrected chi connectivity index (χ3v) is 14.1. The first-order chi connectivity index (χ1) is 23.7. The Morgan fingerprint density at radius 3 is 1.42 bits per heavy atom. The van der Waals surface area contributed by atoms with E-state index in [1.165, 1.54) is 69.1 Å². The van der Waals surface area contributed by atoms with Crippen molar-refractivity contribution < 1.29 is 18.9 Å². The van der Waals surface area contributed by atoms with Gasteiger partial charge in [0.15, 0.2) is 11.5 Å². The number of thiophene rings is 4. The molecule has 0 amide bonds. The normalized spacial score (nSPS) is 14.0. The molecule has 2 aliphatic heterocycles. The summed E-state index contributed by atoms with van der Waals surface area (Å²) in [5.74, 6) is 3.98. The van der Waals surface area contributed by atoms with Crippen LogP contribution < -0.4 is 18.9 Å². The molecule has 48 heavy (non-hydrogen) atoms. The van der Waals surface area contributed by atoms with Gasteiger partial charge in [-0.3, -0.25) is 9.97 Å². The number of hydrogen-bond acceptors (Lipinski definition) is 10. The van der Waals surface area contributed by atoms with Gasteiger partial charge in [-0.2, -0.15) is 0 Å². The third kappa shape index (κ3) is 6.10. The fourth-order valence-electron chi connectivity index (χ4n) is 6.64. The standard InChI is InChI=1S/C38H40N2O4S4/c1-3-5-7-9-11-27-31-29-33(43-19-17-41-31)35(47-37(29)45-27)23-13-15-39-25(21-23)26-22-24(14-16-40-26)36-34-30-32(42-18-20-44-34)28(46-38(30)48-36)12-10-8-6-4-2/h13-16,21-22H,3-12,17-20H2,1-2H3. The van der Waals surface area contributed by atoms with Gasteiger partial charge >= 0.3 is 0 Å². The van der Waals surface area contributed by atoms with Crippen molar-refractivity contribution in [2.24, 2.45) is 0 Å². The Labute approximate surface area is 297 Å². The maximum atomic E-state index is 6.37. The number of hydrogen-bond donors (Lipinski definition) is 0. The zero-order valence-electron chi connectivity index (χ0n) is 27.5. The minimum absolute atomic E-state index is 0.546. The summed E-state index contributed by atoms with van der Waals surface area (Å²) in [6, 6.07) is 8.45. The number of ether oxygens (including phenoxy) is 4. The Hall–Kier alpha value is -3.18. The van der Waals surface area contributed by atoms with E-state index in [-0.39, 0.29) is 0 Å². The van der Waals surface area contributed by atoms with E-state index in [1.54, 1.807) is 22.7 Å². The summed E-state index contributed by atoms with van der Waals surface area (Å²) in [7, 11) is 0. The van der Waals surface area contributed by atoms with Crippen LogP contribution in [0, 0.1) is 0 Å². The summed E-state index contributed by atoms with van der Waals surface area (Å²) >= 11 is 7.34. The van der Waals surface area contributed by atoms with E-state index >= 15 is 0 Å². The van der Waals surface area contributed by atoms with Crippen LogP contribution >= 0.6 is 45.3 Å². The van der Waals surface area contributed by atoms with Crippen LogP contribution in [0.15, 0.2) is 36.7 Å². The minimum Gasteiger partial charge on any atom is -0.488 e. The molecule has 0 N–H and O–H groups in total. The lowest BCUT2D eigenvalue weighted by atomic mass is 10.1. The molecule has 0 saturated carbocycles. The van der Waals surface area contributed by atoms with Crippen molar-refractivity contribution in [3.63, 3.8) is 0 Å². The lowest BCUT2D eigenvalue weighted by Gasteiger charge is -2.08. The van der Waals surface area contributed by atoms with Crippen LogP contribution in [-0.4, -0.2) is 36.4 Å². The van der Waals surface area contributed by atoms with Crippen molar-refractivity contribution in [3.8, 4) is 55.3 Å². The molecule has 0 atom stereocenters. The average molecular weight is 717 g/mol. The predicted molar refractivity (Wildman–Crippen MR) is 203 cm³/mol. The van der Waals surface area contributed by atoms with Crippen molar-refractivity contribution >= 4 is 64.1 Å². The monoisotopic (exact) mass is 716 g/mol. The molecule has 8 heterocycles. The highest BCUT2D eigenvalue weighted by Gasteiger charge is 2.28. The molecule has 8 rings (SSSR count). The van der Waals surface area contributed by atoms with E-state index in [0.717, 1.165) is 78.9 Å². The zero-order chi connectivity index (χ0) is 32.5. The van der Waals surface area contributed by atoms with Crippen molar-refractivity contribution in [2.45, 2.75) is 78.1 Å². The number of unbranched alkanes of at least 4 members (excludes halogenated alkanes) is 6.